The van der Waals surface area contributed by atoms with Gasteiger partial charge >= 0.3 is 11.9 Å². The number of ether oxygens (including phenoxy) is 3. The van der Waals surface area contributed by atoms with Crippen LogP contribution in [0.5, 0.6) is 0 Å². The summed E-state index contributed by atoms with van der Waals surface area (Å²) in [5, 5.41) is 9.26. The summed E-state index contributed by atoms with van der Waals surface area (Å²) in [6, 6.07) is 9.64. The van der Waals surface area contributed by atoms with E-state index in [1.54, 1.807) is 6.08 Å². The van der Waals surface area contributed by atoms with Gasteiger partial charge < -0.3 is 19.3 Å². The van der Waals surface area contributed by atoms with E-state index in [0.717, 1.165) is 36.8 Å². The summed E-state index contributed by atoms with van der Waals surface area (Å²) in [6.45, 7) is 3.47. The van der Waals surface area contributed by atoms with E-state index < -0.39 is 42.0 Å². The molecule has 4 aliphatic rings. The van der Waals surface area contributed by atoms with Crippen molar-refractivity contribution in [2.45, 2.75) is 69.4 Å². The van der Waals surface area contributed by atoms with Crippen LogP contribution in [-0.4, -0.2) is 47.1 Å². The number of aliphatic hydroxyl groups is 1. The highest BCUT2D eigenvalue weighted by Crippen LogP contribution is 2.65. The molecule has 1 aromatic rings. The smallest absolute Gasteiger partial charge is 0.332 e. The van der Waals surface area contributed by atoms with E-state index in [1.807, 2.05) is 37.3 Å². The molecule has 6 heteroatoms. The Kier molecular flexibility index (Phi) is 5.25. The van der Waals surface area contributed by atoms with Crippen molar-refractivity contribution >= 4 is 18.0 Å². The van der Waals surface area contributed by atoms with Gasteiger partial charge in [0.05, 0.1) is 0 Å². The van der Waals surface area contributed by atoms with Crippen molar-refractivity contribution in [2.24, 2.45) is 11.8 Å². The summed E-state index contributed by atoms with van der Waals surface area (Å²) in [6.07, 6.45) is 6.54. The van der Waals surface area contributed by atoms with Crippen LogP contribution in [0.15, 0.2) is 47.6 Å². The SMILES string of the molecule is CC1=C2[C@@H](CC1)[C@]1(C)O[C@@](C3CC3)(C[C@H]1OC(=O)CO)[C@H]2OC(=O)/C=C/c1ccccc1. The molecule has 2 saturated heterocycles. The maximum absolute atomic E-state index is 12.9. The highest BCUT2D eigenvalue weighted by molar-refractivity contribution is 5.87. The fraction of sp³-hybridized carbons (Fsp3) is 0.538. The first kappa shape index (κ1) is 21.4. The molecule has 170 valence electrons. The first-order chi connectivity index (χ1) is 15.4. The highest BCUT2D eigenvalue weighted by atomic mass is 16.6. The van der Waals surface area contributed by atoms with Crippen molar-refractivity contribution in [3.63, 3.8) is 0 Å². The number of aliphatic hydroxyl groups excluding tert-OH is 1. The Labute approximate surface area is 188 Å². The van der Waals surface area contributed by atoms with Crippen LogP contribution in [0.25, 0.3) is 6.08 Å². The summed E-state index contributed by atoms with van der Waals surface area (Å²) in [5.74, 6) is -0.757. The van der Waals surface area contributed by atoms with E-state index in [4.69, 9.17) is 14.2 Å². The number of allylic oxidation sites excluding steroid dienone is 1. The van der Waals surface area contributed by atoms with Crippen LogP contribution < -0.4 is 0 Å². The van der Waals surface area contributed by atoms with E-state index in [2.05, 4.69) is 6.92 Å². The average Bonchev–Trinajstić information content (AvgIpc) is 3.52. The molecular formula is C26H30O6. The van der Waals surface area contributed by atoms with Crippen LogP contribution in [-0.2, 0) is 23.8 Å². The first-order valence-corrected chi connectivity index (χ1v) is 11.5. The lowest BCUT2D eigenvalue weighted by atomic mass is 9.76. The Morgan fingerprint density at radius 3 is 2.62 bits per heavy atom. The third kappa shape index (κ3) is 3.41. The summed E-state index contributed by atoms with van der Waals surface area (Å²) < 4.78 is 18.6. The molecule has 0 radical (unpaired) electrons. The minimum absolute atomic E-state index is 0.0178. The first-order valence-electron chi connectivity index (χ1n) is 11.5. The number of carbonyl (C=O) groups excluding carboxylic acids is 2. The maximum Gasteiger partial charge on any atom is 0.332 e. The van der Waals surface area contributed by atoms with Crippen LogP contribution >= 0.6 is 0 Å². The molecule has 2 bridgehead atoms. The average molecular weight is 439 g/mol. The van der Waals surface area contributed by atoms with E-state index in [0.29, 0.717) is 6.42 Å². The normalized spacial score (nSPS) is 35.8. The van der Waals surface area contributed by atoms with Gasteiger partial charge in [0.15, 0.2) is 6.10 Å². The second-order valence-electron chi connectivity index (χ2n) is 9.74. The van der Waals surface area contributed by atoms with Crippen LogP contribution in [0.4, 0.5) is 0 Å². The monoisotopic (exact) mass is 438 g/mol. The molecule has 32 heavy (non-hydrogen) atoms. The third-order valence-electron chi connectivity index (χ3n) is 7.76. The van der Waals surface area contributed by atoms with Gasteiger partial charge in [-0.2, -0.15) is 0 Å². The van der Waals surface area contributed by atoms with Gasteiger partial charge in [-0.25, -0.2) is 9.59 Å². The van der Waals surface area contributed by atoms with Crippen LogP contribution in [0, 0.1) is 11.8 Å². The van der Waals surface area contributed by atoms with Gasteiger partial charge in [0.1, 0.15) is 23.9 Å². The topological polar surface area (TPSA) is 82.1 Å². The molecule has 3 fully saturated rings. The van der Waals surface area contributed by atoms with Crippen molar-refractivity contribution < 1.29 is 28.9 Å². The summed E-state index contributed by atoms with van der Waals surface area (Å²) >= 11 is 0. The predicted octanol–water partition coefficient (Wildman–Crippen LogP) is 3.58. The second kappa shape index (κ2) is 7.85. The van der Waals surface area contributed by atoms with Crippen molar-refractivity contribution in [1.82, 2.24) is 0 Å². The quantitative estimate of drug-likeness (QED) is 0.415. The number of benzene rings is 1. The van der Waals surface area contributed by atoms with Crippen LogP contribution in [0.2, 0.25) is 0 Å². The van der Waals surface area contributed by atoms with E-state index in [9.17, 15) is 14.7 Å². The van der Waals surface area contributed by atoms with E-state index >= 15 is 0 Å². The van der Waals surface area contributed by atoms with E-state index in [-0.39, 0.29) is 11.8 Å². The molecule has 6 nitrogen and oxygen atoms in total. The predicted molar refractivity (Wildman–Crippen MR) is 117 cm³/mol. The third-order valence-corrected chi connectivity index (χ3v) is 7.76. The highest BCUT2D eigenvalue weighted by Gasteiger charge is 2.72. The number of hydrogen-bond donors (Lipinski definition) is 1. The molecule has 2 aliphatic heterocycles. The second-order valence-corrected chi connectivity index (χ2v) is 9.74. The Bertz CT molecular complexity index is 977. The summed E-state index contributed by atoms with van der Waals surface area (Å²) in [5.41, 5.74) is 1.95. The zero-order valence-electron chi connectivity index (χ0n) is 18.6. The number of rotatable bonds is 6. The molecule has 0 spiro atoms. The molecule has 1 saturated carbocycles. The minimum atomic E-state index is -0.692. The van der Waals surface area contributed by atoms with Crippen molar-refractivity contribution in [3.05, 3.63) is 53.1 Å². The molecule has 0 unspecified atom stereocenters. The fourth-order valence-corrected chi connectivity index (χ4v) is 6.13. The van der Waals surface area contributed by atoms with Gasteiger partial charge in [0, 0.05) is 18.4 Å². The zero-order chi connectivity index (χ0) is 22.5. The van der Waals surface area contributed by atoms with Gasteiger partial charge in [-0.15, -0.1) is 0 Å². The molecule has 5 rings (SSSR count). The van der Waals surface area contributed by atoms with Crippen LogP contribution in [0.3, 0.4) is 0 Å². The summed E-state index contributed by atoms with van der Waals surface area (Å²) in [7, 11) is 0. The van der Waals surface area contributed by atoms with Crippen molar-refractivity contribution in [1.29, 1.82) is 0 Å². The molecule has 2 heterocycles. The number of carbonyl (C=O) groups is 2. The Balaban J connectivity index is 1.48. The van der Waals surface area contributed by atoms with Gasteiger partial charge in [-0.1, -0.05) is 35.9 Å². The van der Waals surface area contributed by atoms with Crippen LogP contribution in [0.1, 0.15) is 51.5 Å². The molecule has 0 aromatic heterocycles. The lowest BCUT2D eigenvalue weighted by molar-refractivity contribution is -0.217. The zero-order valence-corrected chi connectivity index (χ0v) is 18.6. The number of esters is 2. The molecule has 2 aliphatic carbocycles. The molecule has 1 aromatic carbocycles. The summed E-state index contributed by atoms with van der Waals surface area (Å²) in [4.78, 5) is 24.9. The number of fused-ring (bicyclic) bond motifs is 4. The standard InChI is InChI=1S/C26H30O6/c1-16-8-12-19-23(16)24(31-21(28)13-9-17-6-4-3-5-7-17)26(18-10-11-18)14-20(25(19,2)32-26)30-22(29)15-27/h3-7,9,13,18-20,24,27H,8,10-12,14-15H2,1-2H3/b13-9+/t19-,20-,24+,25+,26-/m1/s1. The Morgan fingerprint density at radius 1 is 1.19 bits per heavy atom. The maximum atomic E-state index is 12.9. The van der Waals surface area contributed by atoms with Crippen molar-refractivity contribution in [3.8, 4) is 0 Å². The molecule has 0 amide bonds. The van der Waals surface area contributed by atoms with E-state index in [1.165, 1.54) is 11.6 Å². The van der Waals surface area contributed by atoms with Gasteiger partial charge in [-0.05, 0) is 62.7 Å². The van der Waals surface area contributed by atoms with Gasteiger partial charge in [0.25, 0.3) is 0 Å². The molecular weight excluding hydrogens is 408 g/mol. The van der Waals surface area contributed by atoms with Crippen molar-refractivity contribution in [2.75, 3.05) is 6.61 Å². The van der Waals surface area contributed by atoms with Gasteiger partial charge in [0.2, 0.25) is 0 Å². The largest absolute Gasteiger partial charge is 0.457 e. The number of hydrogen-bond acceptors (Lipinski definition) is 6. The lowest BCUT2D eigenvalue weighted by Crippen LogP contribution is -2.57. The molecule has 5 atom stereocenters. The lowest BCUT2D eigenvalue weighted by Gasteiger charge is -2.48. The molecule has 1 N–H and O–H groups in total. The fourth-order valence-electron chi connectivity index (χ4n) is 6.13. The van der Waals surface area contributed by atoms with Gasteiger partial charge in [-0.3, -0.25) is 0 Å². The minimum Gasteiger partial charge on any atom is -0.457 e. The Hall–Kier alpha value is -2.44. The Morgan fingerprint density at radius 2 is 1.94 bits per heavy atom.